The molecule has 0 aliphatic carbocycles. The quantitative estimate of drug-likeness (QED) is 0.676. The molecule has 2 unspecified atom stereocenters. The minimum Gasteiger partial charge on any atom is -0.493 e. The van der Waals surface area contributed by atoms with E-state index in [1.807, 2.05) is 17.0 Å². The Morgan fingerprint density at radius 3 is 2.38 bits per heavy atom. The number of aliphatic carboxylic acids is 1. The summed E-state index contributed by atoms with van der Waals surface area (Å²) in [6.45, 7) is 0.624. The molecular formula is C21H23Cl2NO5. The Hall–Kier alpha value is -2.15. The first kappa shape index (κ1) is 21.6. The summed E-state index contributed by atoms with van der Waals surface area (Å²) < 4.78 is 16.6. The van der Waals surface area contributed by atoms with Gasteiger partial charge in [0.2, 0.25) is 5.75 Å². The second-order valence-corrected chi connectivity index (χ2v) is 7.55. The lowest BCUT2D eigenvalue weighted by molar-refractivity contribution is -0.142. The maximum absolute atomic E-state index is 11.9. The molecule has 0 saturated carbocycles. The third kappa shape index (κ3) is 4.10. The minimum absolute atomic E-state index is 0.402. The zero-order valence-electron chi connectivity index (χ0n) is 16.4. The van der Waals surface area contributed by atoms with Crippen LogP contribution in [0.1, 0.15) is 30.0 Å². The molecule has 3 rings (SSSR count). The molecule has 0 aromatic heterocycles. The van der Waals surface area contributed by atoms with Crippen LogP contribution in [0.3, 0.4) is 0 Å². The molecule has 0 spiro atoms. The number of carbonyl (C=O) groups is 1. The number of methoxy groups -OCH3 is 3. The number of halogens is 2. The number of hydrogen-bond acceptors (Lipinski definition) is 5. The van der Waals surface area contributed by atoms with Gasteiger partial charge in [-0.2, -0.15) is 0 Å². The predicted octanol–water partition coefficient (Wildman–Crippen LogP) is 4.66. The van der Waals surface area contributed by atoms with Crippen LogP contribution in [-0.4, -0.2) is 49.9 Å². The van der Waals surface area contributed by atoms with Crippen LogP contribution >= 0.6 is 23.2 Å². The summed E-state index contributed by atoms with van der Waals surface area (Å²) in [4.78, 5) is 13.9. The maximum atomic E-state index is 11.9. The third-order valence-corrected chi connectivity index (χ3v) is 5.94. The number of rotatable bonds is 7. The van der Waals surface area contributed by atoms with Gasteiger partial charge in [-0.3, -0.25) is 9.69 Å². The Morgan fingerprint density at radius 1 is 1.07 bits per heavy atom. The van der Waals surface area contributed by atoms with Gasteiger partial charge < -0.3 is 19.3 Å². The van der Waals surface area contributed by atoms with Crippen LogP contribution in [0.15, 0.2) is 30.3 Å². The van der Waals surface area contributed by atoms with Crippen LogP contribution in [0, 0.1) is 0 Å². The Bertz CT molecular complexity index is 905. The molecule has 8 heteroatoms. The van der Waals surface area contributed by atoms with Gasteiger partial charge in [0, 0.05) is 12.1 Å². The van der Waals surface area contributed by atoms with Crippen LogP contribution in [-0.2, 0) is 4.79 Å². The monoisotopic (exact) mass is 439 g/mol. The first-order valence-electron chi connectivity index (χ1n) is 9.15. The van der Waals surface area contributed by atoms with E-state index in [0.717, 1.165) is 17.5 Å². The van der Waals surface area contributed by atoms with Crippen molar-refractivity contribution in [1.82, 2.24) is 4.90 Å². The van der Waals surface area contributed by atoms with Gasteiger partial charge in [-0.15, -0.1) is 0 Å². The van der Waals surface area contributed by atoms with Crippen LogP contribution in [0.5, 0.6) is 17.2 Å². The van der Waals surface area contributed by atoms with E-state index in [1.165, 1.54) is 7.11 Å². The standard InChI is InChI=1S/C21H23Cl2NO5/c1-27-17-9-7-13(19(28-2)20(17)29-3)18(12-6-8-14(22)15(23)11-12)24-10-4-5-16(24)21(25)26/h6-9,11,16,18H,4-5,10H2,1-3H3,(H,25,26). The summed E-state index contributed by atoms with van der Waals surface area (Å²) in [6, 6.07) is 7.95. The summed E-state index contributed by atoms with van der Waals surface area (Å²) >= 11 is 12.4. The van der Waals surface area contributed by atoms with Crippen molar-refractivity contribution in [2.75, 3.05) is 27.9 Å². The molecule has 1 N–H and O–H groups in total. The smallest absolute Gasteiger partial charge is 0.320 e. The Kier molecular flexibility index (Phi) is 6.77. The van der Waals surface area contributed by atoms with Crippen molar-refractivity contribution in [3.63, 3.8) is 0 Å². The number of likely N-dealkylation sites (tertiary alicyclic amines) is 1. The summed E-state index contributed by atoms with van der Waals surface area (Å²) in [5.74, 6) is 0.604. The van der Waals surface area contributed by atoms with E-state index < -0.39 is 18.1 Å². The van der Waals surface area contributed by atoms with Crippen molar-refractivity contribution in [1.29, 1.82) is 0 Å². The lowest BCUT2D eigenvalue weighted by Crippen LogP contribution is -2.39. The van der Waals surface area contributed by atoms with Crippen molar-refractivity contribution in [3.05, 3.63) is 51.5 Å². The van der Waals surface area contributed by atoms with Gasteiger partial charge >= 0.3 is 5.97 Å². The van der Waals surface area contributed by atoms with Gasteiger partial charge in [-0.25, -0.2) is 0 Å². The molecule has 1 heterocycles. The summed E-state index contributed by atoms with van der Waals surface area (Å²) in [5, 5.41) is 10.6. The highest BCUT2D eigenvalue weighted by molar-refractivity contribution is 6.42. The van der Waals surface area contributed by atoms with Crippen molar-refractivity contribution in [2.24, 2.45) is 0 Å². The minimum atomic E-state index is -0.855. The highest BCUT2D eigenvalue weighted by atomic mass is 35.5. The molecule has 29 heavy (non-hydrogen) atoms. The fraction of sp³-hybridized carbons (Fsp3) is 0.381. The average molecular weight is 440 g/mol. The first-order valence-corrected chi connectivity index (χ1v) is 9.90. The van der Waals surface area contributed by atoms with Gasteiger partial charge in [0.15, 0.2) is 11.5 Å². The molecule has 1 saturated heterocycles. The van der Waals surface area contributed by atoms with E-state index in [2.05, 4.69) is 0 Å². The molecule has 6 nitrogen and oxygen atoms in total. The molecule has 1 fully saturated rings. The second kappa shape index (κ2) is 9.11. The fourth-order valence-corrected chi connectivity index (χ4v) is 4.24. The molecule has 0 amide bonds. The molecule has 156 valence electrons. The Balaban J connectivity index is 2.23. The molecule has 2 aromatic rings. The van der Waals surface area contributed by atoms with Gasteiger partial charge in [0.1, 0.15) is 6.04 Å². The van der Waals surface area contributed by atoms with Gasteiger partial charge in [-0.05, 0) is 42.7 Å². The molecule has 2 atom stereocenters. The fourth-order valence-electron chi connectivity index (χ4n) is 3.94. The highest BCUT2D eigenvalue weighted by Gasteiger charge is 2.39. The van der Waals surface area contributed by atoms with Crippen molar-refractivity contribution >= 4 is 29.2 Å². The van der Waals surface area contributed by atoms with E-state index in [1.54, 1.807) is 32.4 Å². The molecule has 2 aromatic carbocycles. The summed E-state index contributed by atoms with van der Waals surface area (Å²) in [6.07, 6.45) is 1.35. The molecule has 0 radical (unpaired) electrons. The van der Waals surface area contributed by atoms with Crippen LogP contribution in [0.4, 0.5) is 0 Å². The van der Waals surface area contributed by atoms with E-state index in [9.17, 15) is 9.90 Å². The first-order chi connectivity index (χ1) is 13.9. The third-order valence-electron chi connectivity index (χ3n) is 5.20. The molecular weight excluding hydrogens is 417 g/mol. The molecule has 1 aliphatic rings. The number of carboxylic acid groups (broad SMARTS) is 1. The number of carboxylic acids is 1. The van der Waals surface area contributed by atoms with E-state index >= 15 is 0 Å². The topological polar surface area (TPSA) is 68.2 Å². The van der Waals surface area contributed by atoms with E-state index in [-0.39, 0.29) is 0 Å². The number of ether oxygens (including phenoxy) is 3. The van der Waals surface area contributed by atoms with Crippen LogP contribution in [0.25, 0.3) is 0 Å². The lowest BCUT2D eigenvalue weighted by Gasteiger charge is -2.33. The van der Waals surface area contributed by atoms with Crippen LogP contribution in [0.2, 0.25) is 10.0 Å². The van der Waals surface area contributed by atoms with Crippen molar-refractivity contribution in [3.8, 4) is 17.2 Å². The van der Waals surface area contributed by atoms with Crippen LogP contribution < -0.4 is 14.2 Å². The van der Waals surface area contributed by atoms with E-state index in [4.69, 9.17) is 37.4 Å². The number of hydrogen-bond donors (Lipinski definition) is 1. The largest absolute Gasteiger partial charge is 0.493 e. The summed E-state index contributed by atoms with van der Waals surface area (Å²) in [5.41, 5.74) is 1.58. The zero-order chi connectivity index (χ0) is 21.1. The predicted molar refractivity (Wildman–Crippen MR) is 112 cm³/mol. The van der Waals surface area contributed by atoms with Gasteiger partial charge in [0.25, 0.3) is 0 Å². The molecule has 1 aliphatic heterocycles. The van der Waals surface area contributed by atoms with Crippen molar-refractivity contribution < 1.29 is 24.1 Å². The zero-order valence-corrected chi connectivity index (χ0v) is 18.0. The van der Waals surface area contributed by atoms with Gasteiger partial charge in [-0.1, -0.05) is 29.3 Å². The number of benzene rings is 2. The van der Waals surface area contributed by atoms with E-state index in [0.29, 0.717) is 40.3 Å². The summed E-state index contributed by atoms with van der Waals surface area (Å²) in [7, 11) is 4.63. The Labute approximate surface area is 179 Å². The Morgan fingerprint density at radius 2 is 1.79 bits per heavy atom. The van der Waals surface area contributed by atoms with Gasteiger partial charge in [0.05, 0.1) is 37.4 Å². The number of nitrogens with zero attached hydrogens (tertiary/aromatic N) is 1. The molecule has 0 bridgehead atoms. The van der Waals surface area contributed by atoms with Crippen molar-refractivity contribution in [2.45, 2.75) is 24.9 Å². The SMILES string of the molecule is COc1ccc(C(c2ccc(Cl)c(Cl)c2)N2CCCC2C(=O)O)c(OC)c1OC. The average Bonchev–Trinajstić information content (AvgIpc) is 3.19. The lowest BCUT2D eigenvalue weighted by atomic mass is 9.94. The normalized spacial score (nSPS) is 17.8. The highest BCUT2D eigenvalue weighted by Crippen LogP contribution is 2.47. The maximum Gasteiger partial charge on any atom is 0.320 e. The second-order valence-electron chi connectivity index (χ2n) is 6.73.